The van der Waals surface area contributed by atoms with E-state index in [0.29, 0.717) is 5.92 Å². The van der Waals surface area contributed by atoms with E-state index in [-0.39, 0.29) is 11.7 Å². The summed E-state index contributed by atoms with van der Waals surface area (Å²) >= 11 is 3.46. The van der Waals surface area contributed by atoms with E-state index in [1.807, 2.05) is 18.2 Å². The monoisotopic (exact) mass is 296 g/mol. The molecule has 0 bridgehead atoms. The summed E-state index contributed by atoms with van der Waals surface area (Å²) in [6.07, 6.45) is 3.81. The van der Waals surface area contributed by atoms with E-state index >= 15 is 0 Å². The number of benzene rings is 1. The zero-order valence-corrected chi connectivity index (χ0v) is 11.5. The standard InChI is InChI=1S/C14H17BrO2/c1-2-14(9-3-4-9)8-12(16)11-6-5-10(15)7-13(11)17-14/h5-7,9,12,16H,2-4,8H2,1H3/t12-,14?/m0/s1. The molecule has 1 saturated carbocycles. The van der Waals surface area contributed by atoms with Gasteiger partial charge < -0.3 is 9.84 Å². The van der Waals surface area contributed by atoms with Crippen LogP contribution in [-0.2, 0) is 0 Å². The quantitative estimate of drug-likeness (QED) is 0.899. The molecule has 3 heteroatoms. The number of hydrogen-bond donors (Lipinski definition) is 1. The van der Waals surface area contributed by atoms with Crippen molar-refractivity contribution in [1.82, 2.24) is 0 Å². The molecule has 92 valence electrons. The second-order valence-corrected chi connectivity index (χ2v) is 6.11. The van der Waals surface area contributed by atoms with Gasteiger partial charge in [0.25, 0.3) is 0 Å². The van der Waals surface area contributed by atoms with Crippen molar-refractivity contribution >= 4 is 15.9 Å². The first-order valence-electron chi connectivity index (χ1n) is 6.31. The number of rotatable bonds is 2. The fourth-order valence-electron chi connectivity index (χ4n) is 2.93. The summed E-state index contributed by atoms with van der Waals surface area (Å²) in [4.78, 5) is 0. The molecule has 0 aromatic heterocycles. The summed E-state index contributed by atoms with van der Waals surface area (Å²) in [6, 6.07) is 5.89. The summed E-state index contributed by atoms with van der Waals surface area (Å²) in [7, 11) is 0. The third-order valence-corrected chi connectivity index (χ3v) is 4.60. The average Bonchev–Trinajstić information content (AvgIpc) is 3.12. The fourth-order valence-corrected chi connectivity index (χ4v) is 3.27. The van der Waals surface area contributed by atoms with Crippen molar-refractivity contribution in [2.75, 3.05) is 0 Å². The van der Waals surface area contributed by atoms with Gasteiger partial charge in [-0.15, -0.1) is 0 Å². The lowest BCUT2D eigenvalue weighted by Gasteiger charge is -2.41. The Labute approximate surface area is 110 Å². The molecular formula is C14H17BrO2. The zero-order chi connectivity index (χ0) is 12.0. The predicted molar refractivity (Wildman–Crippen MR) is 70.1 cm³/mol. The first-order chi connectivity index (χ1) is 8.14. The summed E-state index contributed by atoms with van der Waals surface area (Å²) in [6.45, 7) is 2.16. The lowest BCUT2D eigenvalue weighted by molar-refractivity contribution is -0.0328. The molecular weight excluding hydrogens is 280 g/mol. The molecule has 2 nitrogen and oxygen atoms in total. The van der Waals surface area contributed by atoms with E-state index in [1.54, 1.807) is 0 Å². The summed E-state index contributed by atoms with van der Waals surface area (Å²) in [5.41, 5.74) is 0.797. The maximum absolute atomic E-state index is 10.3. The lowest BCUT2D eigenvalue weighted by Crippen LogP contribution is -2.42. The molecule has 2 aliphatic rings. The third-order valence-electron chi connectivity index (χ3n) is 4.11. The number of hydrogen-bond acceptors (Lipinski definition) is 2. The molecule has 0 amide bonds. The van der Waals surface area contributed by atoms with E-state index in [9.17, 15) is 5.11 Å². The van der Waals surface area contributed by atoms with Gasteiger partial charge in [-0.1, -0.05) is 28.9 Å². The molecule has 2 atom stereocenters. The molecule has 1 aliphatic carbocycles. The zero-order valence-electron chi connectivity index (χ0n) is 9.95. The fraction of sp³-hybridized carbons (Fsp3) is 0.571. The van der Waals surface area contributed by atoms with Gasteiger partial charge in [0.05, 0.1) is 6.10 Å². The number of aliphatic hydroxyl groups is 1. The third kappa shape index (κ3) is 1.89. The van der Waals surface area contributed by atoms with Crippen LogP contribution in [-0.4, -0.2) is 10.7 Å². The van der Waals surface area contributed by atoms with Crippen LogP contribution in [0.4, 0.5) is 0 Å². The molecule has 1 N–H and O–H groups in total. The van der Waals surface area contributed by atoms with Crippen LogP contribution in [0.15, 0.2) is 22.7 Å². The van der Waals surface area contributed by atoms with Crippen LogP contribution in [0.25, 0.3) is 0 Å². The molecule has 1 aromatic carbocycles. The van der Waals surface area contributed by atoms with Crippen molar-refractivity contribution in [3.8, 4) is 5.75 Å². The van der Waals surface area contributed by atoms with Gasteiger partial charge in [0.2, 0.25) is 0 Å². The predicted octanol–water partition coefficient (Wildman–Crippen LogP) is 3.82. The van der Waals surface area contributed by atoms with Crippen LogP contribution in [0.2, 0.25) is 0 Å². The van der Waals surface area contributed by atoms with Crippen molar-refractivity contribution in [1.29, 1.82) is 0 Å². The van der Waals surface area contributed by atoms with Crippen LogP contribution < -0.4 is 4.74 Å². The van der Waals surface area contributed by atoms with E-state index in [4.69, 9.17) is 4.74 Å². The number of aliphatic hydroxyl groups excluding tert-OH is 1. The Balaban J connectivity index is 2.00. The van der Waals surface area contributed by atoms with Crippen LogP contribution in [0.1, 0.15) is 44.3 Å². The highest BCUT2D eigenvalue weighted by atomic mass is 79.9. The maximum Gasteiger partial charge on any atom is 0.127 e. The van der Waals surface area contributed by atoms with Crippen molar-refractivity contribution < 1.29 is 9.84 Å². The molecule has 0 saturated heterocycles. The Morgan fingerprint density at radius 1 is 1.47 bits per heavy atom. The van der Waals surface area contributed by atoms with E-state index in [1.165, 1.54) is 12.8 Å². The van der Waals surface area contributed by atoms with Crippen LogP contribution in [0.3, 0.4) is 0 Å². The van der Waals surface area contributed by atoms with Gasteiger partial charge in [-0.3, -0.25) is 0 Å². The molecule has 3 rings (SSSR count). The Morgan fingerprint density at radius 3 is 2.88 bits per heavy atom. The largest absolute Gasteiger partial charge is 0.486 e. The molecule has 1 fully saturated rings. The minimum Gasteiger partial charge on any atom is -0.486 e. The van der Waals surface area contributed by atoms with Gasteiger partial charge in [0.1, 0.15) is 11.4 Å². The van der Waals surface area contributed by atoms with E-state index < -0.39 is 0 Å². The van der Waals surface area contributed by atoms with Crippen LogP contribution in [0.5, 0.6) is 5.75 Å². The number of ether oxygens (including phenoxy) is 1. The van der Waals surface area contributed by atoms with Crippen molar-refractivity contribution in [2.45, 2.75) is 44.3 Å². The summed E-state index contributed by atoms with van der Waals surface area (Å²) < 4.78 is 7.26. The van der Waals surface area contributed by atoms with Crippen LogP contribution >= 0.6 is 15.9 Å². The Morgan fingerprint density at radius 2 is 2.24 bits per heavy atom. The smallest absolute Gasteiger partial charge is 0.127 e. The second-order valence-electron chi connectivity index (χ2n) is 5.20. The van der Waals surface area contributed by atoms with Gasteiger partial charge in [0.15, 0.2) is 0 Å². The highest BCUT2D eigenvalue weighted by Gasteiger charge is 2.49. The second kappa shape index (κ2) is 3.99. The molecule has 1 aromatic rings. The topological polar surface area (TPSA) is 29.5 Å². The van der Waals surface area contributed by atoms with Gasteiger partial charge in [0, 0.05) is 16.5 Å². The molecule has 1 aliphatic heterocycles. The SMILES string of the molecule is CCC1(C2CC2)C[C@H](O)c2ccc(Br)cc2O1. The van der Waals surface area contributed by atoms with Gasteiger partial charge in [-0.2, -0.15) is 0 Å². The van der Waals surface area contributed by atoms with Gasteiger partial charge >= 0.3 is 0 Å². The van der Waals surface area contributed by atoms with Crippen LogP contribution in [0, 0.1) is 5.92 Å². The first kappa shape index (κ1) is 11.5. The molecule has 1 unspecified atom stereocenters. The minimum absolute atomic E-state index is 0.132. The summed E-state index contributed by atoms with van der Waals surface area (Å²) in [5.74, 6) is 1.49. The molecule has 0 radical (unpaired) electrons. The Kier molecular flexibility index (Phi) is 2.71. The van der Waals surface area contributed by atoms with E-state index in [0.717, 1.165) is 28.6 Å². The Hall–Kier alpha value is -0.540. The Bertz CT molecular complexity index is 442. The minimum atomic E-state index is -0.382. The molecule has 1 heterocycles. The maximum atomic E-state index is 10.3. The van der Waals surface area contributed by atoms with Crippen molar-refractivity contribution in [2.24, 2.45) is 5.92 Å². The highest BCUT2D eigenvalue weighted by Crippen LogP contribution is 2.52. The lowest BCUT2D eigenvalue weighted by atomic mass is 9.83. The van der Waals surface area contributed by atoms with Gasteiger partial charge in [-0.25, -0.2) is 0 Å². The highest BCUT2D eigenvalue weighted by molar-refractivity contribution is 9.10. The normalized spacial score (nSPS) is 31.8. The first-order valence-corrected chi connectivity index (χ1v) is 7.10. The number of fused-ring (bicyclic) bond motifs is 1. The van der Waals surface area contributed by atoms with Crippen molar-refractivity contribution in [3.05, 3.63) is 28.2 Å². The van der Waals surface area contributed by atoms with E-state index in [2.05, 4.69) is 22.9 Å². The van der Waals surface area contributed by atoms with Gasteiger partial charge in [-0.05, 0) is 37.3 Å². The average molecular weight is 297 g/mol. The molecule has 17 heavy (non-hydrogen) atoms. The molecule has 0 spiro atoms. The van der Waals surface area contributed by atoms with Crippen molar-refractivity contribution in [3.63, 3.8) is 0 Å². The number of halogens is 1. The summed E-state index contributed by atoms with van der Waals surface area (Å²) in [5, 5.41) is 10.3.